The summed E-state index contributed by atoms with van der Waals surface area (Å²) >= 11 is 0. The maximum absolute atomic E-state index is 5.20. The van der Waals surface area contributed by atoms with Gasteiger partial charge < -0.3 is 10.1 Å². The molecule has 0 saturated carbocycles. The van der Waals surface area contributed by atoms with Gasteiger partial charge in [-0.05, 0) is 6.92 Å². The first-order valence-electron chi connectivity index (χ1n) is 5.26. The van der Waals surface area contributed by atoms with Crippen molar-refractivity contribution in [3.05, 3.63) is 12.2 Å². The van der Waals surface area contributed by atoms with E-state index in [-0.39, 0.29) is 6.10 Å². The highest BCUT2D eigenvalue weighted by molar-refractivity contribution is 4.84. The summed E-state index contributed by atoms with van der Waals surface area (Å²) in [5, 5.41) is 7.48. The molecule has 1 aromatic rings. The average molecular weight is 212 g/mol. The van der Waals surface area contributed by atoms with Crippen LogP contribution in [-0.4, -0.2) is 34.0 Å². The van der Waals surface area contributed by atoms with Crippen molar-refractivity contribution in [2.24, 2.45) is 0 Å². The zero-order valence-corrected chi connectivity index (χ0v) is 9.90. The van der Waals surface area contributed by atoms with Gasteiger partial charge in [0.25, 0.3) is 0 Å². The Kier molecular flexibility index (Phi) is 4.71. The lowest BCUT2D eigenvalue weighted by molar-refractivity contribution is 0.0986. The second-order valence-electron chi connectivity index (χ2n) is 3.94. The molecule has 1 unspecified atom stereocenters. The molecule has 0 aliphatic carbocycles. The summed E-state index contributed by atoms with van der Waals surface area (Å²) in [5.74, 6) is 0.951. The lowest BCUT2D eigenvalue weighted by Crippen LogP contribution is -2.26. The minimum atomic E-state index is 0.157. The van der Waals surface area contributed by atoms with E-state index in [1.807, 2.05) is 11.6 Å². The Balaban J connectivity index is 2.53. The average Bonchev–Trinajstić information content (AvgIpc) is 2.62. The Labute approximate surface area is 90.8 Å². The summed E-state index contributed by atoms with van der Waals surface area (Å²) in [4.78, 5) is 4.21. The monoisotopic (exact) mass is 212 g/mol. The van der Waals surface area contributed by atoms with Gasteiger partial charge in [-0.1, -0.05) is 13.8 Å². The smallest absolute Gasteiger partial charge is 0.140 e. The molecule has 0 aliphatic rings. The van der Waals surface area contributed by atoms with E-state index in [0.717, 1.165) is 18.9 Å². The molecular weight excluding hydrogens is 192 g/mol. The molecule has 0 aromatic carbocycles. The van der Waals surface area contributed by atoms with Crippen molar-refractivity contribution in [3.63, 3.8) is 0 Å². The number of methoxy groups -OCH3 is 1. The second kappa shape index (κ2) is 5.82. The van der Waals surface area contributed by atoms with E-state index in [9.17, 15) is 0 Å². The lowest BCUT2D eigenvalue weighted by Gasteiger charge is -2.12. The van der Waals surface area contributed by atoms with Crippen LogP contribution in [0.5, 0.6) is 0 Å². The van der Waals surface area contributed by atoms with E-state index in [4.69, 9.17) is 4.74 Å². The minimum Gasteiger partial charge on any atom is -0.380 e. The van der Waals surface area contributed by atoms with Crippen LogP contribution >= 0.6 is 0 Å². The van der Waals surface area contributed by atoms with Crippen molar-refractivity contribution in [3.8, 4) is 0 Å². The minimum absolute atomic E-state index is 0.157. The number of nitrogens with zero attached hydrogens (tertiary/aromatic N) is 3. The topological polar surface area (TPSA) is 52.0 Å². The number of hydrogen-bond acceptors (Lipinski definition) is 4. The molecular formula is C10H20N4O. The third-order valence-corrected chi connectivity index (χ3v) is 2.20. The van der Waals surface area contributed by atoms with Crippen LogP contribution in [0.2, 0.25) is 0 Å². The third-order valence-electron chi connectivity index (χ3n) is 2.20. The van der Waals surface area contributed by atoms with Crippen LogP contribution in [0, 0.1) is 0 Å². The number of ether oxygens (including phenoxy) is 1. The largest absolute Gasteiger partial charge is 0.380 e. The standard InChI is InChI=1S/C10H20N4O/c1-8(2)11-5-10-12-7-13-14(10)6-9(3)15-4/h7-9,11H,5-6H2,1-4H3. The van der Waals surface area contributed by atoms with Gasteiger partial charge in [-0.2, -0.15) is 5.10 Å². The van der Waals surface area contributed by atoms with Crippen LogP contribution in [-0.2, 0) is 17.8 Å². The van der Waals surface area contributed by atoms with Crippen LogP contribution in [0.15, 0.2) is 6.33 Å². The van der Waals surface area contributed by atoms with Gasteiger partial charge in [0.1, 0.15) is 12.2 Å². The van der Waals surface area contributed by atoms with Crippen molar-refractivity contribution in [1.29, 1.82) is 0 Å². The second-order valence-corrected chi connectivity index (χ2v) is 3.94. The summed E-state index contributed by atoms with van der Waals surface area (Å²) in [5.41, 5.74) is 0. The van der Waals surface area contributed by atoms with E-state index >= 15 is 0 Å². The predicted molar refractivity (Wildman–Crippen MR) is 58.5 cm³/mol. The summed E-state index contributed by atoms with van der Waals surface area (Å²) in [6, 6.07) is 0.454. The molecule has 1 atom stereocenters. The molecule has 0 radical (unpaired) electrons. The normalized spacial score (nSPS) is 13.4. The highest BCUT2D eigenvalue weighted by Crippen LogP contribution is 1.99. The Morgan fingerprint density at radius 2 is 2.20 bits per heavy atom. The van der Waals surface area contributed by atoms with E-state index in [2.05, 4.69) is 29.2 Å². The lowest BCUT2D eigenvalue weighted by atomic mass is 10.4. The van der Waals surface area contributed by atoms with E-state index in [0.29, 0.717) is 6.04 Å². The predicted octanol–water partition coefficient (Wildman–Crippen LogP) is 0.811. The van der Waals surface area contributed by atoms with Gasteiger partial charge in [0.15, 0.2) is 0 Å². The fraction of sp³-hybridized carbons (Fsp3) is 0.800. The molecule has 0 saturated heterocycles. The van der Waals surface area contributed by atoms with Gasteiger partial charge >= 0.3 is 0 Å². The van der Waals surface area contributed by atoms with Crippen LogP contribution in [0.1, 0.15) is 26.6 Å². The van der Waals surface area contributed by atoms with Crippen LogP contribution in [0.25, 0.3) is 0 Å². The van der Waals surface area contributed by atoms with Gasteiger partial charge in [0, 0.05) is 13.2 Å². The third kappa shape index (κ3) is 3.97. The van der Waals surface area contributed by atoms with Gasteiger partial charge in [-0.25, -0.2) is 9.67 Å². The Morgan fingerprint density at radius 1 is 1.47 bits per heavy atom. The summed E-state index contributed by atoms with van der Waals surface area (Å²) in [6.45, 7) is 7.72. The first-order chi connectivity index (χ1) is 7.13. The van der Waals surface area contributed by atoms with Crippen molar-refractivity contribution in [2.45, 2.75) is 46.0 Å². The van der Waals surface area contributed by atoms with Crippen molar-refractivity contribution in [1.82, 2.24) is 20.1 Å². The van der Waals surface area contributed by atoms with Crippen molar-refractivity contribution < 1.29 is 4.74 Å². The molecule has 0 spiro atoms. The zero-order valence-electron chi connectivity index (χ0n) is 9.90. The van der Waals surface area contributed by atoms with E-state index in [1.165, 1.54) is 0 Å². The molecule has 15 heavy (non-hydrogen) atoms. The number of hydrogen-bond donors (Lipinski definition) is 1. The summed E-state index contributed by atoms with van der Waals surface area (Å²) < 4.78 is 7.07. The van der Waals surface area contributed by atoms with Gasteiger partial charge in [0.2, 0.25) is 0 Å². The fourth-order valence-electron chi connectivity index (χ4n) is 1.19. The molecule has 0 bridgehead atoms. The van der Waals surface area contributed by atoms with Crippen molar-refractivity contribution in [2.75, 3.05) is 7.11 Å². The molecule has 1 heterocycles. The summed E-state index contributed by atoms with van der Waals surface area (Å²) in [6.07, 6.45) is 1.74. The van der Waals surface area contributed by atoms with Gasteiger partial charge in [-0.3, -0.25) is 0 Å². The Bertz CT molecular complexity index is 285. The quantitative estimate of drug-likeness (QED) is 0.758. The van der Waals surface area contributed by atoms with Gasteiger partial charge in [0.05, 0.1) is 19.2 Å². The molecule has 0 aliphatic heterocycles. The molecule has 0 amide bonds. The number of nitrogens with one attached hydrogen (secondary N) is 1. The van der Waals surface area contributed by atoms with E-state index < -0.39 is 0 Å². The molecule has 5 nitrogen and oxygen atoms in total. The highest BCUT2D eigenvalue weighted by Gasteiger charge is 2.08. The maximum Gasteiger partial charge on any atom is 0.140 e. The van der Waals surface area contributed by atoms with Crippen LogP contribution in [0.4, 0.5) is 0 Å². The molecule has 1 aromatic heterocycles. The van der Waals surface area contributed by atoms with Gasteiger partial charge in [-0.15, -0.1) is 0 Å². The number of aromatic nitrogens is 3. The van der Waals surface area contributed by atoms with Crippen molar-refractivity contribution >= 4 is 0 Å². The SMILES string of the molecule is COC(C)Cn1ncnc1CNC(C)C. The summed E-state index contributed by atoms with van der Waals surface area (Å²) in [7, 11) is 1.70. The molecule has 86 valence electrons. The Hall–Kier alpha value is -0.940. The molecule has 1 rings (SSSR count). The maximum atomic E-state index is 5.20. The fourth-order valence-corrected chi connectivity index (χ4v) is 1.19. The first kappa shape index (κ1) is 12.1. The number of rotatable bonds is 6. The molecule has 0 fully saturated rings. The first-order valence-corrected chi connectivity index (χ1v) is 5.26. The van der Waals surface area contributed by atoms with Crippen LogP contribution < -0.4 is 5.32 Å². The highest BCUT2D eigenvalue weighted by atomic mass is 16.5. The molecule has 5 heteroatoms. The van der Waals surface area contributed by atoms with Crippen LogP contribution in [0.3, 0.4) is 0 Å². The molecule has 1 N–H and O–H groups in total. The Morgan fingerprint density at radius 3 is 2.80 bits per heavy atom. The van der Waals surface area contributed by atoms with E-state index in [1.54, 1.807) is 13.4 Å². The zero-order chi connectivity index (χ0) is 11.3.